The van der Waals surface area contributed by atoms with Gasteiger partial charge in [0, 0.05) is 39.0 Å². The summed E-state index contributed by atoms with van der Waals surface area (Å²) in [6.07, 6.45) is 2.53. The number of likely N-dealkylation sites (tertiary alicyclic amines) is 1. The van der Waals surface area contributed by atoms with Gasteiger partial charge >= 0.3 is 6.09 Å². The van der Waals surface area contributed by atoms with E-state index in [4.69, 9.17) is 14.6 Å². The molecule has 1 amide bonds. The molecular formula is C17H32N2O4. The lowest BCUT2D eigenvalue weighted by Crippen LogP contribution is -2.54. The molecule has 2 aliphatic heterocycles. The van der Waals surface area contributed by atoms with E-state index >= 15 is 0 Å². The van der Waals surface area contributed by atoms with Gasteiger partial charge in [-0.05, 0) is 58.4 Å². The van der Waals surface area contributed by atoms with Crippen molar-refractivity contribution < 1.29 is 19.4 Å². The Morgan fingerprint density at radius 1 is 1.39 bits per heavy atom. The Morgan fingerprint density at radius 2 is 2.17 bits per heavy atom. The van der Waals surface area contributed by atoms with Crippen LogP contribution in [0.2, 0.25) is 0 Å². The van der Waals surface area contributed by atoms with Crippen molar-refractivity contribution in [2.75, 3.05) is 39.5 Å². The number of carbonyl (C=O) groups is 1. The standard InChI is InChI=1S/C17H32N2O4/c1-17(2,3)23-16(21)19-8-5-15(18-7-4-9-20)14(11-19)13-6-10-22-12-13/h13-15,18,20H,4-12H2,1-3H3. The lowest BCUT2D eigenvalue weighted by atomic mass is 9.81. The van der Waals surface area contributed by atoms with Crippen LogP contribution in [0.3, 0.4) is 0 Å². The third kappa shape index (κ3) is 5.62. The molecule has 2 rings (SSSR count). The SMILES string of the molecule is CC(C)(C)OC(=O)N1CCC(NCCCO)C(C2CCOC2)C1. The molecule has 2 aliphatic rings. The monoisotopic (exact) mass is 328 g/mol. The van der Waals surface area contributed by atoms with Crippen LogP contribution in [0.1, 0.15) is 40.0 Å². The summed E-state index contributed by atoms with van der Waals surface area (Å²) in [5, 5.41) is 12.5. The fraction of sp³-hybridized carbons (Fsp3) is 0.941. The average Bonchev–Trinajstić information content (AvgIpc) is 3.00. The summed E-state index contributed by atoms with van der Waals surface area (Å²) in [6, 6.07) is 0.381. The third-order valence-corrected chi connectivity index (χ3v) is 4.62. The molecule has 2 heterocycles. The number of nitrogens with one attached hydrogen (secondary N) is 1. The summed E-state index contributed by atoms with van der Waals surface area (Å²) in [6.45, 7) is 9.76. The van der Waals surface area contributed by atoms with Gasteiger partial charge in [-0.1, -0.05) is 0 Å². The van der Waals surface area contributed by atoms with Gasteiger partial charge in [-0.3, -0.25) is 0 Å². The van der Waals surface area contributed by atoms with Crippen LogP contribution in [0.15, 0.2) is 0 Å². The molecule has 134 valence electrons. The Kier molecular flexibility index (Phi) is 6.68. The van der Waals surface area contributed by atoms with E-state index in [0.29, 0.717) is 17.9 Å². The minimum atomic E-state index is -0.459. The highest BCUT2D eigenvalue weighted by Crippen LogP contribution is 2.31. The van der Waals surface area contributed by atoms with E-state index in [9.17, 15) is 4.79 Å². The molecule has 2 fully saturated rings. The normalized spacial score (nSPS) is 28.9. The minimum Gasteiger partial charge on any atom is -0.444 e. The minimum absolute atomic E-state index is 0.209. The second kappa shape index (κ2) is 8.31. The Labute approximate surface area is 139 Å². The van der Waals surface area contributed by atoms with Crippen LogP contribution < -0.4 is 5.32 Å². The van der Waals surface area contributed by atoms with E-state index in [2.05, 4.69) is 5.32 Å². The van der Waals surface area contributed by atoms with Gasteiger partial charge in [0.15, 0.2) is 0 Å². The Bertz CT molecular complexity index is 377. The van der Waals surface area contributed by atoms with Gasteiger partial charge in [0.1, 0.15) is 5.60 Å². The van der Waals surface area contributed by atoms with Gasteiger partial charge in [0.2, 0.25) is 0 Å². The van der Waals surface area contributed by atoms with Crippen molar-refractivity contribution >= 4 is 6.09 Å². The smallest absolute Gasteiger partial charge is 0.410 e. The van der Waals surface area contributed by atoms with Crippen molar-refractivity contribution in [2.45, 2.75) is 51.7 Å². The molecule has 0 saturated carbocycles. The number of ether oxygens (including phenoxy) is 2. The number of amides is 1. The van der Waals surface area contributed by atoms with Gasteiger partial charge in [0.25, 0.3) is 0 Å². The zero-order chi connectivity index (χ0) is 16.9. The predicted octanol–water partition coefficient (Wildman–Crippen LogP) is 1.62. The van der Waals surface area contributed by atoms with Gasteiger partial charge in [-0.15, -0.1) is 0 Å². The second-order valence-corrected chi connectivity index (χ2v) is 7.64. The molecule has 6 nitrogen and oxygen atoms in total. The number of piperidine rings is 1. The van der Waals surface area contributed by atoms with E-state index < -0.39 is 5.60 Å². The van der Waals surface area contributed by atoms with Crippen molar-refractivity contribution in [3.8, 4) is 0 Å². The molecule has 3 atom stereocenters. The van der Waals surface area contributed by atoms with Gasteiger partial charge < -0.3 is 24.8 Å². The number of hydrogen-bond acceptors (Lipinski definition) is 5. The van der Waals surface area contributed by atoms with Crippen molar-refractivity contribution in [1.29, 1.82) is 0 Å². The van der Waals surface area contributed by atoms with E-state index in [1.54, 1.807) is 0 Å². The van der Waals surface area contributed by atoms with Gasteiger partial charge in [-0.25, -0.2) is 4.79 Å². The summed E-state index contributed by atoms with van der Waals surface area (Å²) >= 11 is 0. The van der Waals surface area contributed by atoms with Crippen LogP contribution in [0.25, 0.3) is 0 Å². The highest BCUT2D eigenvalue weighted by molar-refractivity contribution is 5.68. The Morgan fingerprint density at radius 3 is 2.78 bits per heavy atom. The quantitative estimate of drug-likeness (QED) is 0.751. The third-order valence-electron chi connectivity index (χ3n) is 4.62. The maximum atomic E-state index is 12.4. The van der Waals surface area contributed by atoms with E-state index in [0.717, 1.165) is 52.1 Å². The first-order chi connectivity index (χ1) is 10.9. The lowest BCUT2D eigenvalue weighted by Gasteiger charge is -2.41. The number of aliphatic hydroxyl groups excluding tert-OH is 1. The molecule has 2 saturated heterocycles. The Balaban J connectivity index is 1.96. The molecular weight excluding hydrogens is 296 g/mol. The number of rotatable bonds is 5. The largest absolute Gasteiger partial charge is 0.444 e. The van der Waals surface area contributed by atoms with Crippen LogP contribution in [-0.4, -0.2) is 67.2 Å². The molecule has 0 radical (unpaired) electrons. The van der Waals surface area contributed by atoms with E-state index in [-0.39, 0.29) is 12.7 Å². The maximum Gasteiger partial charge on any atom is 0.410 e. The summed E-state index contributed by atoms with van der Waals surface area (Å²) in [7, 11) is 0. The number of carbonyl (C=O) groups excluding carboxylic acids is 1. The lowest BCUT2D eigenvalue weighted by molar-refractivity contribution is 0.00731. The molecule has 0 bridgehead atoms. The van der Waals surface area contributed by atoms with Crippen LogP contribution in [0, 0.1) is 11.8 Å². The maximum absolute atomic E-state index is 12.4. The highest BCUT2D eigenvalue weighted by Gasteiger charge is 2.38. The van der Waals surface area contributed by atoms with E-state index in [1.807, 2.05) is 25.7 Å². The van der Waals surface area contributed by atoms with Crippen molar-refractivity contribution in [3.63, 3.8) is 0 Å². The second-order valence-electron chi connectivity index (χ2n) is 7.64. The molecule has 0 spiro atoms. The van der Waals surface area contributed by atoms with Crippen molar-refractivity contribution in [1.82, 2.24) is 10.2 Å². The summed E-state index contributed by atoms with van der Waals surface area (Å²) in [5.41, 5.74) is -0.459. The highest BCUT2D eigenvalue weighted by atomic mass is 16.6. The number of aliphatic hydroxyl groups is 1. The van der Waals surface area contributed by atoms with Crippen molar-refractivity contribution in [3.05, 3.63) is 0 Å². The molecule has 23 heavy (non-hydrogen) atoms. The predicted molar refractivity (Wildman–Crippen MR) is 88.3 cm³/mol. The Hall–Kier alpha value is -0.850. The van der Waals surface area contributed by atoms with Gasteiger partial charge in [0.05, 0.1) is 0 Å². The zero-order valence-electron chi connectivity index (χ0n) is 14.7. The average molecular weight is 328 g/mol. The first kappa shape index (κ1) is 18.5. The van der Waals surface area contributed by atoms with Crippen LogP contribution in [0.4, 0.5) is 4.79 Å². The first-order valence-electron chi connectivity index (χ1n) is 8.80. The summed E-state index contributed by atoms with van der Waals surface area (Å²) < 4.78 is 11.1. The molecule has 2 N–H and O–H groups in total. The van der Waals surface area contributed by atoms with Crippen molar-refractivity contribution in [2.24, 2.45) is 11.8 Å². The van der Waals surface area contributed by atoms with Crippen LogP contribution in [0.5, 0.6) is 0 Å². The topological polar surface area (TPSA) is 71.0 Å². The first-order valence-corrected chi connectivity index (χ1v) is 8.80. The van der Waals surface area contributed by atoms with E-state index in [1.165, 1.54) is 0 Å². The molecule has 0 aliphatic carbocycles. The molecule has 6 heteroatoms. The van der Waals surface area contributed by atoms with Gasteiger partial charge in [-0.2, -0.15) is 0 Å². The fourth-order valence-corrected chi connectivity index (χ4v) is 3.46. The molecule has 0 aromatic heterocycles. The fourth-order valence-electron chi connectivity index (χ4n) is 3.46. The molecule has 3 unspecified atom stereocenters. The zero-order valence-corrected chi connectivity index (χ0v) is 14.7. The summed E-state index contributed by atoms with van der Waals surface area (Å²) in [5.74, 6) is 0.879. The number of nitrogens with zero attached hydrogens (tertiary/aromatic N) is 1. The van der Waals surface area contributed by atoms with Crippen LogP contribution >= 0.6 is 0 Å². The summed E-state index contributed by atoms with van der Waals surface area (Å²) in [4.78, 5) is 14.2. The molecule has 0 aromatic rings. The number of hydrogen-bond donors (Lipinski definition) is 2. The van der Waals surface area contributed by atoms with Crippen LogP contribution in [-0.2, 0) is 9.47 Å². The molecule has 0 aromatic carbocycles.